The zero-order valence-electron chi connectivity index (χ0n) is 10.6. The summed E-state index contributed by atoms with van der Waals surface area (Å²) in [5.74, 6) is -0.366. The lowest BCUT2D eigenvalue weighted by Crippen LogP contribution is -2.15. The monoisotopic (exact) mass is 240 g/mol. The number of anilines is 1. The van der Waals surface area contributed by atoms with Crippen LogP contribution in [0.15, 0.2) is 12.3 Å². The fraction of sp³-hybridized carbons (Fsp3) is 0.583. The van der Waals surface area contributed by atoms with Gasteiger partial charge in [-0.05, 0) is 26.8 Å². The summed E-state index contributed by atoms with van der Waals surface area (Å²) in [6, 6.07) is 1.80. The van der Waals surface area contributed by atoms with E-state index in [0.29, 0.717) is 24.6 Å². The minimum Gasteiger partial charge on any atom is -0.459 e. The lowest BCUT2D eigenvalue weighted by molar-refractivity contribution is 0.0323. The summed E-state index contributed by atoms with van der Waals surface area (Å²) in [7, 11) is 0. The Bertz CT molecular complexity index is 372. The Hall–Kier alpha value is -1.49. The van der Waals surface area contributed by atoms with Crippen LogP contribution in [0.4, 0.5) is 5.69 Å². The molecule has 0 spiro atoms. The summed E-state index contributed by atoms with van der Waals surface area (Å²) in [5, 5.41) is 0. The maximum atomic E-state index is 11.8. The van der Waals surface area contributed by atoms with E-state index in [2.05, 4.69) is 0 Å². The Morgan fingerprint density at radius 2 is 2.18 bits per heavy atom. The highest BCUT2D eigenvalue weighted by Crippen LogP contribution is 2.17. The summed E-state index contributed by atoms with van der Waals surface area (Å²) in [5.41, 5.74) is 6.72. The number of carbonyl (C=O) groups excluding carboxylic acids is 1. The van der Waals surface area contributed by atoms with Crippen molar-refractivity contribution in [1.82, 2.24) is 4.57 Å². The third-order valence-electron chi connectivity index (χ3n) is 2.30. The molecule has 0 aliphatic rings. The Morgan fingerprint density at radius 1 is 1.47 bits per heavy atom. The van der Waals surface area contributed by atoms with Gasteiger partial charge in [-0.2, -0.15) is 0 Å². The van der Waals surface area contributed by atoms with Crippen LogP contribution in [0.3, 0.4) is 0 Å². The summed E-state index contributed by atoms with van der Waals surface area (Å²) >= 11 is 0. The van der Waals surface area contributed by atoms with E-state index in [9.17, 15) is 4.79 Å². The minimum atomic E-state index is -0.366. The minimum absolute atomic E-state index is 0.168. The van der Waals surface area contributed by atoms with Crippen LogP contribution in [0.2, 0.25) is 0 Å². The van der Waals surface area contributed by atoms with Crippen molar-refractivity contribution in [3.8, 4) is 0 Å². The number of nitrogens with two attached hydrogens (primary N) is 1. The maximum absolute atomic E-state index is 11.8. The molecule has 1 rings (SSSR count). The van der Waals surface area contributed by atoms with Crippen molar-refractivity contribution >= 4 is 11.7 Å². The Kier molecular flexibility index (Phi) is 5.03. The molecular formula is C12H20N2O3. The van der Waals surface area contributed by atoms with Gasteiger partial charge in [0.15, 0.2) is 0 Å². The van der Waals surface area contributed by atoms with Crippen LogP contribution < -0.4 is 5.73 Å². The molecule has 0 saturated heterocycles. The van der Waals surface area contributed by atoms with Crippen molar-refractivity contribution in [3.05, 3.63) is 18.0 Å². The van der Waals surface area contributed by atoms with Gasteiger partial charge in [-0.3, -0.25) is 0 Å². The van der Waals surface area contributed by atoms with Gasteiger partial charge in [-0.15, -0.1) is 0 Å². The number of ether oxygens (including phenoxy) is 2. The number of hydrogen-bond acceptors (Lipinski definition) is 4. The van der Waals surface area contributed by atoms with Crippen molar-refractivity contribution < 1.29 is 14.3 Å². The van der Waals surface area contributed by atoms with Crippen molar-refractivity contribution in [2.45, 2.75) is 26.8 Å². The molecule has 0 unspecified atom stereocenters. The fourth-order valence-electron chi connectivity index (χ4n) is 1.50. The first-order valence-electron chi connectivity index (χ1n) is 5.78. The number of hydrogen-bond donors (Lipinski definition) is 1. The molecule has 0 aromatic carbocycles. The molecular weight excluding hydrogens is 220 g/mol. The van der Waals surface area contributed by atoms with E-state index in [0.717, 1.165) is 0 Å². The second-order valence-electron chi connectivity index (χ2n) is 3.99. The van der Waals surface area contributed by atoms with Crippen LogP contribution in [0, 0.1) is 0 Å². The van der Waals surface area contributed by atoms with Gasteiger partial charge >= 0.3 is 5.97 Å². The molecule has 5 heteroatoms. The third-order valence-corrected chi connectivity index (χ3v) is 2.30. The number of nitrogens with zero attached hydrogens (tertiary/aromatic N) is 1. The second kappa shape index (κ2) is 6.30. The van der Waals surface area contributed by atoms with Crippen LogP contribution in [0.5, 0.6) is 0 Å². The zero-order valence-corrected chi connectivity index (χ0v) is 10.6. The van der Waals surface area contributed by atoms with Gasteiger partial charge in [0.25, 0.3) is 0 Å². The Morgan fingerprint density at radius 3 is 2.76 bits per heavy atom. The molecule has 1 heterocycles. The highest BCUT2D eigenvalue weighted by Gasteiger charge is 2.15. The molecule has 0 aliphatic carbocycles. The van der Waals surface area contributed by atoms with Crippen molar-refractivity contribution in [3.63, 3.8) is 0 Å². The van der Waals surface area contributed by atoms with Gasteiger partial charge in [-0.25, -0.2) is 4.79 Å². The smallest absolute Gasteiger partial charge is 0.355 e. The van der Waals surface area contributed by atoms with Gasteiger partial charge in [0.2, 0.25) is 0 Å². The molecule has 17 heavy (non-hydrogen) atoms. The molecule has 0 fully saturated rings. The number of rotatable bonds is 6. The molecule has 0 aliphatic heterocycles. The lowest BCUT2D eigenvalue weighted by atomic mass is 10.3. The number of nitrogen functional groups attached to an aromatic ring is 1. The van der Waals surface area contributed by atoms with Gasteiger partial charge in [0.1, 0.15) is 12.3 Å². The van der Waals surface area contributed by atoms with E-state index in [4.69, 9.17) is 15.2 Å². The molecule has 0 atom stereocenters. The molecule has 5 nitrogen and oxygen atoms in total. The van der Waals surface area contributed by atoms with Crippen LogP contribution in [0.25, 0.3) is 0 Å². The standard InChI is InChI=1S/C12H20N2O3/c1-4-16-5-6-17-12(15)11-7-10(13)8-14(11)9(2)3/h7-9H,4-6,13H2,1-3H3. The van der Waals surface area contributed by atoms with E-state index in [1.165, 1.54) is 0 Å². The van der Waals surface area contributed by atoms with Gasteiger partial charge < -0.3 is 19.8 Å². The summed E-state index contributed by atoms with van der Waals surface area (Å²) in [6.07, 6.45) is 1.74. The summed E-state index contributed by atoms with van der Waals surface area (Å²) in [4.78, 5) is 11.8. The van der Waals surface area contributed by atoms with Crippen LogP contribution in [0.1, 0.15) is 37.3 Å². The molecule has 1 aromatic rings. The second-order valence-corrected chi connectivity index (χ2v) is 3.99. The van der Waals surface area contributed by atoms with Crippen molar-refractivity contribution in [2.24, 2.45) is 0 Å². The predicted molar refractivity (Wildman–Crippen MR) is 66.0 cm³/mol. The van der Waals surface area contributed by atoms with Crippen LogP contribution in [-0.4, -0.2) is 30.4 Å². The van der Waals surface area contributed by atoms with E-state index < -0.39 is 0 Å². The van der Waals surface area contributed by atoms with Crippen molar-refractivity contribution in [1.29, 1.82) is 0 Å². The Balaban J connectivity index is 2.62. The number of carbonyl (C=O) groups is 1. The van der Waals surface area contributed by atoms with Gasteiger partial charge in [0, 0.05) is 18.8 Å². The maximum Gasteiger partial charge on any atom is 0.355 e. The molecule has 0 radical (unpaired) electrons. The highest BCUT2D eigenvalue weighted by atomic mass is 16.6. The lowest BCUT2D eigenvalue weighted by Gasteiger charge is -2.12. The van der Waals surface area contributed by atoms with Crippen LogP contribution >= 0.6 is 0 Å². The molecule has 0 saturated carbocycles. The predicted octanol–water partition coefficient (Wildman–Crippen LogP) is 1.84. The molecule has 2 N–H and O–H groups in total. The average Bonchev–Trinajstić information content (AvgIpc) is 2.66. The first kappa shape index (κ1) is 13.6. The summed E-state index contributed by atoms with van der Waals surface area (Å²) in [6.45, 7) is 7.15. The molecule has 0 bridgehead atoms. The topological polar surface area (TPSA) is 66.5 Å². The SMILES string of the molecule is CCOCCOC(=O)c1cc(N)cn1C(C)C. The van der Waals surface area contributed by atoms with E-state index in [-0.39, 0.29) is 18.6 Å². The third kappa shape index (κ3) is 3.78. The van der Waals surface area contributed by atoms with E-state index in [1.807, 2.05) is 20.8 Å². The van der Waals surface area contributed by atoms with Gasteiger partial charge in [-0.1, -0.05) is 0 Å². The quantitative estimate of drug-likeness (QED) is 0.608. The normalized spacial score (nSPS) is 10.8. The molecule has 1 aromatic heterocycles. The first-order chi connectivity index (χ1) is 8.06. The molecule has 96 valence electrons. The van der Waals surface area contributed by atoms with Crippen LogP contribution in [-0.2, 0) is 9.47 Å². The number of aromatic nitrogens is 1. The molecule has 0 amide bonds. The zero-order chi connectivity index (χ0) is 12.8. The van der Waals surface area contributed by atoms with E-state index in [1.54, 1.807) is 16.8 Å². The Labute approximate surface area is 101 Å². The average molecular weight is 240 g/mol. The highest BCUT2D eigenvalue weighted by molar-refractivity contribution is 5.89. The largest absolute Gasteiger partial charge is 0.459 e. The number of esters is 1. The first-order valence-corrected chi connectivity index (χ1v) is 5.78. The van der Waals surface area contributed by atoms with Crippen molar-refractivity contribution in [2.75, 3.05) is 25.6 Å². The summed E-state index contributed by atoms with van der Waals surface area (Å²) < 4.78 is 12.0. The van der Waals surface area contributed by atoms with Gasteiger partial charge in [0.05, 0.1) is 12.3 Å². The fourth-order valence-corrected chi connectivity index (χ4v) is 1.50. The van der Waals surface area contributed by atoms with E-state index >= 15 is 0 Å².